The zero-order chi connectivity index (χ0) is 15.0. The lowest BCUT2D eigenvalue weighted by molar-refractivity contribution is -0.146. The molecule has 0 aromatic carbocycles. The number of aromatic nitrogens is 2. The van der Waals surface area contributed by atoms with Crippen LogP contribution in [-0.4, -0.2) is 39.4 Å². The molecule has 0 aliphatic carbocycles. The molecule has 2 amide bonds. The Kier molecular flexibility index (Phi) is 3.35. The van der Waals surface area contributed by atoms with Crippen molar-refractivity contribution in [3.8, 4) is 0 Å². The second-order valence-corrected chi connectivity index (χ2v) is 4.61. The summed E-state index contributed by atoms with van der Waals surface area (Å²) < 4.78 is 1.06. The van der Waals surface area contributed by atoms with Gasteiger partial charge in [0.15, 0.2) is 0 Å². The van der Waals surface area contributed by atoms with Crippen molar-refractivity contribution in [3.63, 3.8) is 0 Å². The fourth-order valence-corrected chi connectivity index (χ4v) is 2.00. The number of amides is 2. The van der Waals surface area contributed by atoms with E-state index >= 15 is 0 Å². The number of hydrogen-bond donors (Lipinski definition) is 3. The predicted octanol–water partition coefficient (Wildman–Crippen LogP) is -1.78. The van der Waals surface area contributed by atoms with Crippen molar-refractivity contribution in [2.75, 3.05) is 18.1 Å². The second-order valence-electron chi connectivity index (χ2n) is 4.61. The molecule has 1 aromatic rings. The largest absolute Gasteiger partial charge is 0.383 e. The molecule has 1 saturated heterocycles. The number of aromatic amines is 1. The third-order valence-electron chi connectivity index (χ3n) is 3.34. The van der Waals surface area contributed by atoms with Crippen LogP contribution in [0.15, 0.2) is 9.59 Å². The highest BCUT2D eigenvalue weighted by atomic mass is 16.2. The first-order valence-corrected chi connectivity index (χ1v) is 5.98. The maximum absolute atomic E-state index is 11.9. The number of anilines is 2. The standard InChI is InChI=1S/C11H15N5O4/c1-15-6(17)4-3-5(10(15)19)13-7-8(12)16(2)11(20)14-9(7)18/h5,13H,3-4,12H2,1-2H3,(H,14,18,20). The van der Waals surface area contributed by atoms with Gasteiger partial charge < -0.3 is 11.1 Å². The SMILES string of the molecule is CN1C(=O)CCC(Nc2c(N)n(C)c(=O)[nH]c2=O)C1=O. The average Bonchev–Trinajstić information content (AvgIpc) is 2.41. The molecule has 1 atom stereocenters. The van der Waals surface area contributed by atoms with Crippen LogP contribution < -0.4 is 22.3 Å². The van der Waals surface area contributed by atoms with Crippen molar-refractivity contribution in [2.45, 2.75) is 18.9 Å². The predicted molar refractivity (Wildman–Crippen MR) is 71.1 cm³/mol. The molecule has 1 aromatic heterocycles. The summed E-state index contributed by atoms with van der Waals surface area (Å²) in [4.78, 5) is 49.5. The summed E-state index contributed by atoms with van der Waals surface area (Å²) in [6, 6.07) is -0.724. The molecule has 2 heterocycles. The molecular formula is C11H15N5O4. The molecule has 1 fully saturated rings. The van der Waals surface area contributed by atoms with Crippen molar-refractivity contribution < 1.29 is 9.59 Å². The third-order valence-corrected chi connectivity index (χ3v) is 3.34. The summed E-state index contributed by atoms with van der Waals surface area (Å²) in [5.41, 5.74) is 4.31. The van der Waals surface area contributed by atoms with Crippen LogP contribution in [0.3, 0.4) is 0 Å². The second kappa shape index (κ2) is 4.83. The van der Waals surface area contributed by atoms with Crippen LogP contribution in [-0.2, 0) is 16.6 Å². The normalized spacial score (nSPS) is 19.3. The summed E-state index contributed by atoms with van der Waals surface area (Å²) in [5, 5.41) is 2.71. The lowest BCUT2D eigenvalue weighted by Crippen LogP contribution is -2.49. The molecule has 1 aliphatic rings. The highest BCUT2D eigenvalue weighted by Crippen LogP contribution is 2.17. The van der Waals surface area contributed by atoms with E-state index in [2.05, 4.69) is 10.3 Å². The van der Waals surface area contributed by atoms with E-state index < -0.39 is 23.2 Å². The first-order chi connectivity index (χ1) is 9.32. The molecule has 2 rings (SSSR count). The minimum Gasteiger partial charge on any atom is -0.383 e. The Morgan fingerprint density at radius 3 is 2.55 bits per heavy atom. The van der Waals surface area contributed by atoms with Crippen LogP contribution in [0, 0.1) is 0 Å². The van der Waals surface area contributed by atoms with Gasteiger partial charge in [-0.05, 0) is 6.42 Å². The van der Waals surface area contributed by atoms with Gasteiger partial charge in [-0.25, -0.2) is 4.79 Å². The molecule has 0 bridgehead atoms. The summed E-state index contributed by atoms with van der Waals surface area (Å²) in [5.74, 6) is -0.768. The number of piperidine rings is 1. The highest BCUT2D eigenvalue weighted by molar-refractivity contribution is 6.01. The minimum atomic E-state index is -0.724. The van der Waals surface area contributed by atoms with Gasteiger partial charge in [0.2, 0.25) is 5.91 Å². The van der Waals surface area contributed by atoms with Crippen LogP contribution >= 0.6 is 0 Å². The number of imide groups is 1. The fraction of sp³-hybridized carbons (Fsp3) is 0.455. The number of carbonyl (C=O) groups excluding carboxylic acids is 2. The monoisotopic (exact) mass is 281 g/mol. The molecule has 0 saturated carbocycles. The van der Waals surface area contributed by atoms with E-state index in [1.165, 1.54) is 14.1 Å². The van der Waals surface area contributed by atoms with Gasteiger partial charge >= 0.3 is 5.69 Å². The van der Waals surface area contributed by atoms with Crippen LogP contribution in [0.4, 0.5) is 11.5 Å². The van der Waals surface area contributed by atoms with Crippen LogP contribution in [0.5, 0.6) is 0 Å². The molecule has 1 aliphatic heterocycles. The summed E-state index contributed by atoms with van der Waals surface area (Å²) in [7, 11) is 2.78. The van der Waals surface area contributed by atoms with Gasteiger partial charge in [0, 0.05) is 20.5 Å². The van der Waals surface area contributed by atoms with E-state index in [1.807, 2.05) is 0 Å². The number of likely N-dealkylation sites (N-methyl/N-ethyl adjacent to an activating group) is 1. The first-order valence-electron chi connectivity index (χ1n) is 5.98. The zero-order valence-electron chi connectivity index (χ0n) is 11.1. The molecule has 1 unspecified atom stereocenters. The van der Waals surface area contributed by atoms with Gasteiger partial charge in [-0.2, -0.15) is 0 Å². The maximum atomic E-state index is 11.9. The van der Waals surface area contributed by atoms with Gasteiger partial charge in [0.25, 0.3) is 11.5 Å². The average molecular weight is 281 g/mol. The van der Waals surface area contributed by atoms with E-state index in [4.69, 9.17) is 5.73 Å². The van der Waals surface area contributed by atoms with Crippen molar-refractivity contribution in [3.05, 3.63) is 20.8 Å². The summed E-state index contributed by atoms with van der Waals surface area (Å²) in [6.07, 6.45) is 0.465. The Hall–Kier alpha value is -2.58. The van der Waals surface area contributed by atoms with Crippen molar-refractivity contribution in [1.82, 2.24) is 14.5 Å². The Bertz CT molecular complexity index is 689. The van der Waals surface area contributed by atoms with Crippen LogP contribution in [0.1, 0.15) is 12.8 Å². The van der Waals surface area contributed by atoms with E-state index in [0.717, 1.165) is 9.47 Å². The number of carbonyl (C=O) groups is 2. The van der Waals surface area contributed by atoms with Crippen molar-refractivity contribution in [2.24, 2.45) is 7.05 Å². The van der Waals surface area contributed by atoms with Gasteiger partial charge in [-0.3, -0.25) is 28.8 Å². The summed E-state index contributed by atoms with van der Waals surface area (Å²) in [6.45, 7) is 0. The molecule has 9 nitrogen and oxygen atoms in total. The lowest BCUT2D eigenvalue weighted by atomic mass is 10.0. The number of hydrogen-bond acceptors (Lipinski definition) is 6. The smallest absolute Gasteiger partial charge is 0.329 e. The number of rotatable bonds is 2. The van der Waals surface area contributed by atoms with E-state index in [0.29, 0.717) is 0 Å². The molecular weight excluding hydrogens is 266 g/mol. The molecule has 4 N–H and O–H groups in total. The van der Waals surface area contributed by atoms with Gasteiger partial charge in [0.1, 0.15) is 17.5 Å². The Morgan fingerprint density at radius 1 is 1.25 bits per heavy atom. The third kappa shape index (κ3) is 2.17. The number of nitrogen functional groups attached to an aromatic ring is 1. The zero-order valence-corrected chi connectivity index (χ0v) is 11.1. The van der Waals surface area contributed by atoms with E-state index in [1.54, 1.807) is 0 Å². The molecule has 0 spiro atoms. The molecule has 108 valence electrons. The topological polar surface area (TPSA) is 130 Å². The minimum absolute atomic E-state index is 0.0480. The number of nitrogens with zero attached hydrogens (tertiary/aromatic N) is 2. The van der Waals surface area contributed by atoms with E-state index in [9.17, 15) is 19.2 Å². The highest BCUT2D eigenvalue weighted by Gasteiger charge is 2.32. The van der Waals surface area contributed by atoms with Crippen molar-refractivity contribution in [1.29, 1.82) is 0 Å². The fourth-order valence-electron chi connectivity index (χ4n) is 2.00. The Labute approximate surface area is 113 Å². The molecule has 20 heavy (non-hydrogen) atoms. The Balaban J connectivity index is 2.34. The van der Waals surface area contributed by atoms with Gasteiger partial charge in [0.05, 0.1) is 0 Å². The van der Waals surface area contributed by atoms with Gasteiger partial charge in [-0.1, -0.05) is 0 Å². The Morgan fingerprint density at radius 2 is 1.90 bits per heavy atom. The molecule has 0 radical (unpaired) electrons. The molecule has 9 heteroatoms. The van der Waals surface area contributed by atoms with Crippen LogP contribution in [0.25, 0.3) is 0 Å². The number of nitrogens with one attached hydrogen (secondary N) is 2. The van der Waals surface area contributed by atoms with Crippen LogP contribution in [0.2, 0.25) is 0 Å². The number of nitrogens with two attached hydrogens (primary N) is 1. The van der Waals surface area contributed by atoms with Crippen molar-refractivity contribution >= 4 is 23.3 Å². The first kappa shape index (κ1) is 13.8. The lowest BCUT2D eigenvalue weighted by Gasteiger charge is -2.28. The van der Waals surface area contributed by atoms with E-state index in [-0.39, 0.29) is 30.3 Å². The summed E-state index contributed by atoms with van der Waals surface area (Å²) >= 11 is 0. The quantitative estimate of drug-likeness (QED) is 0.549. The van der Waals surface area contributed by atoms with Gasteiger partial charge in [-0.15, -0.1) is 0 Å². The maximum Gasteiger partial charge on any atom is 0.329 e. The number of likely N-dealkylation sites (tertiary alicyclic amines) is 1. The number of H-pyrrole nitrogens is 1.